The van der Waals surface area contributed by atoms with Gasteiger partial charge in [-0.05, 0) is 18.6 Å². The second kappa shape index (κ2) is 6.41. The van der Waals surface area contributed by atoms with E-state index in [4.69, 9.17) is 9.72 Å². The number of hydrogen-bond donors (Lipinski definition) is 1. The lowest BCUT2D eigenvalue weighted by atomic mass is 10.1. The Morgan fingerprint density at radius 3 is 3.05 bits per heavy atom. The van der Waals surface area contributed by atoms with Gasteiger partial charge in [-0.3, -0.25) is 4.90 Å². The van der Waals surface area contributed by atoms with Gasteiger partial charge in [0.05, 0.1) is 18.7 Å². The molecule has 1 fully saturated rings. The summed E-state index contributed by atoms with van der Waals surface area (Å²) < 4.78 is 5.59. The van der Waals surface area contributed by atoms with Crippen molar-refractivity contribution in [2.24, 2.45) is 0 Å². The van der Waals surface area contributed by atoms with Gasteiger partial charge in [0.15, 0.2) is 0 Å². The Morgan fingerprint density at radius 1 is 1.38 bits per heavy atom. The van der Waals surface area contributed by atoms with Gasteiger partial charge in [-0.25, -0.2) is 4.98 Å². The van der Waals surface area contributed by atoms with E-state index in [0.29, 0.717) is 6.04 Å². The van der Waals surface area contributed by atoms with E-state index >= 15 is 0 Å². The van der Waals surface area contributed by atoms with Gasteiger partial charge in [-0.15, -0.1) is 0 Å². The molecule has 0 radical (unpaired) electrons. The summed E-state index contributed by atoms with van der Waals surface area (Å²) in [5, 5.41) is 4.44. The van der Waals surface area contributed by atoms with Crippen molar-refractivity contribution < 1.29 is 4.74 Å². The van der Waals surface area contributed by atoms with Crippen LogP contribution in [0.1, 0.15) is 18.9 Å². The van der Waals surface area contributed by atoms with Crippen LogP contribution in [-0.2, 0) is 11.3 Å². The highest BCUT2D eigenvalue weighted by Crippen LogP contribution is 2.23. The van der Waals surface area contributed by atoms with Crippen molar-refractivity contribution in [2.75, 3.05) is 32.1 Å². The number of nitrogens with zero attached hydrogens (tertiary/aromatic N) is 2. The van der Waals surface area contributed by atoms with Crippen LogP contribution in [0, 0.1) is 0 Å². The van der Waals surface area contributed by atoms with Gasteiger partial charge in [0.2, 0.25) is 0 Å². The minimum atomic E-state index is 0.509. The Morgan fingerprint density at radius 2 is 2.24 bits per heavy atom. The van der Waals surface area contributed by atoms with E-state index in [1.54, 1.807) is 0 Å². The van der Waals surface area contributed by atoms with Crippen LogP contribution in [0.4, 0.5) is 5.82 Å². The molecule has 0 saturated carbocycles. The van der Waals surface area contributed by atoms with E-state index in [9.17, 15) is 0 Å². The average Bonchev–Trinajstić information content (AvgIpc) is 2.54. The molecule has 1 aliphatic heterocycles. The van der Waals surface area contributed by atoms with Crippen molar-refractivity contribution >= 4 is 16.7 Å². The summed E-state index contributed by atoms with van der Waals surface area (Å²) in [7, 11) is 1.94. The third kappa shape index (κ3) is 3.01. The quantitative estimate of drug-likeness (QED) is 0.937. The van der Waals surface area contributed by atoms with E-state index < -0.39 is 0 Å². The van der Waals surface area contributed by atoms with Crippen molar-refractivity contribution in [1.29, 1.82) is 0 Å². The minimum absolute atomic E-state index is 0.509. The first-order valence-corrected chi connectivity index (χ1v) is 7.70. The van der Waals surface area contributed by atoms with Crippen molar-refractivity contribution in [3.8, 4) is 0 Å². The second-order valence-corrected chi connectivity index (χ2v) is 5.55. The maximum absolute atomic E-state index is 5.59. The fraction of sp³-hybridized carbons (Fsp3) is 0.471. The first kappa shape index (κ1) is 14.3. The van der Waals surface area contributed by atoms with Crippen LogP contribution in [0.15, 0.2) is 30.3 Å². The van der Waals surface area contributed by atoms with Gasteiger partial charge in [0.1, 0.15) is 5.82 Å². The second-order valence-electron chi connectivity index (χ2n) is 5.55. The average molecular weight is 285 g/mol. The lowest BCUT2D eigenvalue weighted by Crippen LogP contribution is -2.44. The third-order valence-electron chi connectivity index (χ3n) is 4.23. The monoisotopic (exact) mass is 285 g/mol. The van der Waals surface area contributed by atoms with E-state index in [-0.39, 0.29) is 0 Å². The highest BCUT2D eigenvalue weighted by Gasteiger charge is 2.22. The largest absolute Gasteiger partial charge is 0.378 e. The van der Waals surface area contributed by atoms with Crippen LogP contribution < -0.4 is 5.32 Å². The van der Waals surface area contributed by atoms with Gasteiger partial charge >= 0.3 is 0 Å². The first-order chi connectivity index (χ1) is 10.3. The number of fused-ring (bicyclic) bond motifs is 1. The SMILES string of the molecule is CCC1COCCN1Cc1cc2ccccc2nc1NC. The maximum Gasteiger partial charge on any atom is 0.130 e. The summed E-state index contributed by atoms with van der Waals surface area (Å²) >= 11 is 0. The van der Waals surface area contributed by atoms with Crippen molar-refractivity contribution in [2.45, 2.75) is 25.9 Å². The molecule has 1 unspecified atom stereocenters. The van der Waals surface area contributed by atoms with E-state index in [1.807, 2.05) is 13.1 Å². The van der Waals surface area contributed by atoms with Crippen molar-refractivity contribution in [3.63, 3.8) is 0 Å². The van der Waals surface area contributed by atoms with E-state index in [1.165, 1.54) is 10.9 Å². The molecule has 0 amide bonds. The molecule has 4 heteroatoms. The lowest BCUT2D eigenvalue weighted by molar-refractivity contribution is -0.0126. The van der Waals surface area contributed by atoms with Gasteiger partial charge in [-0.2, -0.15) is 0 Å². The molecule has 1 aromatic heterocycles. The molecule has 2 aromatic rings. The Labute approximate surface area is 126 Å². The van der Waals surface area contributed by atoms with Gasteiger partial charge in [0, 0.05) is 37.1 Å². The van der Waals surface area contributed by atoms with Crippen LogP contribution >= 0.6 is 0 Å². The molecular weight excluding hydrogens is 262 g/mol. The number of rotatable bonds is 4. The molecule has 1 N–H and O–H groups in total. The molecule has 4 nitrogen and oxygen atoms in total. The molecule has 21 heavy (non-hydrogen) atoms. The van der Waals surface area contributed by atoms with E-state index in [2.05, 4.69) is 41.4 Å². The number of ether oxygens (including phenoxy) is 1. The normalized spacial score (nSPS) is 19.8. The summed E-state index contributed by atoms with van der Waals surface area (Å²) in [5.41, 5.74) is 2.30. The third-order valence-corrected chi connectivity index (χ3v) is 4.23. The summed E-state index contributed by atoms with van der Waals surface area (Å²) in [6, 6.07) is 11.1. The number of benzene rings is 1. The number of pyridine rings is 1. The lowest BCUT2D eigenvalue weighted by Gasteiger charge is -2.35. The molecule has 1 saturated heterocycles. The minimum Gasteiger partial charge on any atom is -0.378 e. The number of morpholine rings is 1. The Hall–Kier alpha value is -1.65. The predicted octanol–water partition coefficient (Wildman–Crippen LogP) is 2.89. The summed E-state index contributed by atoms with van der Waals surface area (Å²) in [5.74, 6) is 0.982. The van der Waals surface area contributed by atoms with Gasteiger partial charge in [-0.1, -0.05) is 25.1 Å². The van der Waals surface area contributed by atoms with Gasteiger partial charge in [0.25, 0.3) is 0 Å². The van der Waals surface area contributed by atoms with E-state index in [0.717, 1.165) is 44.1 Å². The standard InChI is InChI=1S/C17H23N3O/c1-3-15-12-21-9-8-20(15)11-14-10-13-6-4-5-7-16(13)19-17(14)18-2/h4-7,10,15H,3,8-9,11-12H2,1-2H3,(H,18,19). The molecule has 3 rings (SSSR count). The molecule has 0 spiro atoms. The smallest absolute Gasteiger partial charge is 0.130 e. The number of hydrogen-bond acceptors (Lipinski definition) is 4. The van der Waals surface area contributed by atoms with Crippen LogP contribution in [0.3, 0.4) is 0 Å². The van der Waals surface area contributed by atoms with Crippen LogP contribution in [-0.4, -0.2) is 42.7 Å². The number of aromatic nitrogens is 1. The van der Waals surface area contributed by atoms with Crippen LogP contribution in [0.25, 0.3) is 10.9 Å². The summed E-state index contributed by atoms with van der Waals surface area (Å²) in [6.07, 6.45) is 1.12. The number of para-hydroxylation sites is 1. The Kier molecular flexibility index (Phi) is 4.36. The highest BCUT2D eigenvalue weighted by atomic mass is 16.5. The topological polar surface area (TPSA) is 37.4 Å². The first-order valence-electron chi connectivity index (χ1n) is 7.70. The molecule has 2 heterocycles. The molecule has 1 atom stereocenters. The van der Waals surface area contributed by atoms with Crippen molar-refractivity contribution in [1.82, 2.24) is 9.88 Å². The molecule has 0 bridgehead atoms. The molecule has 0 aliphatic carbocycles. The fourth-order valence-corrected chi connectivity index (χ4v) is 2.99. The van der Waals surface area contributed by atoms with Crippen LogP contribution in [0.2, 0.25) is 0 Å². The fourth-order valence-electron chi connectivity index (χ4n) is 2.99. The zero-order chi connectivity index (χ0) is 14.7. The van der Waals surface area contributed by atoms with Crippen molar-refractivity contribution in [3.05, 3.63) is 35.9 Å². The maximum atomic E-state index is 5.59. The predicted molar refractivity (Wildman–Crippen MR) is 86.6 cm³/mol. The zero-order valence-electron chi connectivity index (χ0n) is 12.8. The Balaban J connectivity index is 1.91. The summed E-state index contributed by atoms with van der Waals surface area (Å²) in [4.78, 5) is 7.25. The summed E-state index contributed by atoms with van der Waals surface area (Å²) in [6.45, 7) is 5.81. The van der Waals surface area contributed by atoms with Gasteiger partial charge < -0.3 is 10.1 Å². The van der Waals surface area contributed by atoms with Crippen LogP contribution in [0.5, 0.6) is 0 Å². The molecule has 1 aromatic carbocycles. The Bertz CT molecular complexity index is 614. The number of nitrogens with one attached hydrogen (secondary N) is 1. The highest BCUT2D eigenvalue weighted by molar-refractivity contribution is 5.81. The zero-order valence-corrected chi connectivity index (χ0v) is 12.8. The number of anilines is 1. The molecular formula is C17H23N3O. The molecule has 112 valence electrons. The molecule has 1 aliphatic rings.